The van der Waals surface area contributed by atoms with E-state index in [0.717, 1.165) is 16.3 Å². The molecule has 0 heterocycles. The van der Waals surface area contributed by atoms with Crippen LogP contribution in [0.3, 0.4) is 0 Å². The van der Waals surface area contributed by atoms with Gasteiger partial charge in [0.1, 0.15) is 9.75 Å². The van der Waals surface area contributed by atoms with E-state index < -0.39 is 14.8 Å². The Morgan fingerprint density at radius 2 is 1.62 bits per heavy atom. The van der Waals surface area contributed by atoms with E-state index >= 15 is 0 Å². The third kappa shape index (κ3) is 1.84. The molecule has 1 nitrogen and oxygen atoms in total. The normalized spacial score (nSPS) is 38.3. The van der Waals surface area contributed by atoms with Gasteiger partial charge in [-0.3, -0.25) is 0 Å². The fraction of sp³-hybridized carbons (Fsp3) is 0.333. The summed E-state index contributed by atoms with van der Waals surface area (Å²) in [6.45, 7) is 0. The average molecular weight is 423 g/mol. The molecule has 2 aliphatic carbocycles. The number of alkyl halides is 3. The van der Waals surface area contributed by atoms with Gasteiger partial charge in [-0.25, -0.2) is 0 Å². The minimum atomic E-state index is -1.41. The molecule has 0 aliphatic heterocycles. The number of benzene rings is 2. The predicted molar refractivity (Wildman–Crippen MR) is 103 cm³/mol. The maximum absolute atomic E-state index is 6.98. The van der Waals surface area contributed by atoms with Gasteiger partial charge in [0, 0.05) is 13.0 Å². The van der Waals surface area contributed by atoms with Gasteiger partial charge in [0.05, 0.1) is 10.1 Å². The molecule has 2 bridgehead atoms. The van der Waals surface area contributed by atoms with Crippen molar-refractivity contribution in [2.24, 2.45) is 0 Å². The van der Waals surface area contributed by atoms with Gasteiger partial charge in [0.15, 0.2) is 5.06 Å². The lowest BCUT2D eigenvalue weighted by atomic mass is 9.84. The van der Waals surface area contributed by atoms with E-state index in [-0.39, 0.29) is 16.0 Å². The molecule has 0 aromatic heterocycles. The van der Waals surface area contributed by atoms with Crippen molar-refractivity contribution in [1.29, 1.82) is 0 Å². The Morgan fingerprint density at radius 1 is 0.958 bits per heavy atom. The zero-order chi connectivity index (χ0) is 17.3. The van der Waals surface area contributed by atoms with Crippen molar-refractivity contribution in [2.45, 2.75) is 27.1 Å². The standard InChI is InChI=1S/C18H13Cl5O/c1-24-18(23)16(21)9-13(17(18,22)15(20)14(16)19)12-7-6-10-4-2-3-5-11(10)8-12/h2-8,13H,9H2,1H3/t13-,16-,17+,18-/m1/s1. The average Bonchev–Trinajstić information content (AvgIpc) is 2.85. The highest BCUT2D eigenvalue weighted by molar-refractivity contribution is 6.56. The molecule has 0 spiro atoms. The lowest BCUT2D eigenvalue weighted by Crippen LogP contribution is -2.50. The highest BCUT2D eigenvalue weighted by Gasteiger charge is 2.79. The van der Waals surface area contributed by atoms with Crippen molar-refractivity contribution in [1.82, 2.24) is 0 Å². The van der Waals surface area contributed by atoms with Crippen LogP contribution in [-0.2, 0) is 4.74 Å². The van der Waals surface area contributed by atoms with E-state index in [1.807, 2.05) is 18.2 Å². The minimum absolute atomic E-state index is 0.214. The van der Waals surface area contributed by atoms with E-state index in [2.05, 4.69) is 24.3 Å². The molecule has 0 amide bonds. The Kier molecular flexibility index (Phi) is 3.90. The molecule has 0 saturated heterocycles. The van der Waals surface area contributed by atoms with E-state index in [9.17, 15) is 0 Å². The molecule has 0 unspecified atom stereocenters. The van der Waals surface area contributed by atoms with Gasteiger partial charge >= 0.3 is 0 Å². The fourth-order valence-electron chi connectivity index (χ4n) is 4.01. The molecule has 2 aromatic carbocycles. The van der Waals surface area contributed by atoms with Crippen molar-refractivity contribution < 1.29 is 4.74 Å². The van der Waals surface area contributed by atoms with Crippen molar-refractivity contribution in [3.63, 3.8) is 0 Å². The van der Waals surface area contributed by atoms with Gasteiger partial charge in [-0.1, -0.05) is 77.3 Å². The van der Waals surface area contributed by atoms with Crippen LogP contribution in [0.5, 0.6) is 0 Å². The number of hydrogen-bond donors (Lipinski definition) is 0. The summed E-state index contributed by atoms with van der Waals surface area (Å²) in [6.07, 6.45) is 0.447. The van der Waals surface area contributed by atoms with Gasteiger partial charge in [-0.05, 0) is 22.8 Å². The highest BCUT2D eigenvalue weighted by Crippen LogP contribution is 2.75. The molecule has 1 fully saturated rings. The zero-order valence-electron chi connectivity index (χ0n) is 12.6. The Bertz CT molecular complexity index is 881. The number of methoxy groups -OCH3 is 1. The molecule has 2 aromatic rings. The van der Waals surface area contributed by atoms with Crippen LogP contribution < -0.4 is 0 Å². The van der Waals surface area contributed by atoms with Gasteiger partial charge in [0.25, 0.3) is 0 Å². The Morgan fingerprint density at radius 3 is 2.25 bits per heavy atom. The molecule has 4 rings (SSSR count). The SMILES string of the molecule is CO[C@]1(Cl)[C@@]2(Cl)C[C@H](c3ccc4ccccc4c3)[C@]1(Cl)C(Cl)=C2Cl. The largest absolute Gasteiger partial charge is 0.358 e. The highest BCUT2D eigenvalue weighted by atomic mass is 35.5. The smallest absolute Gasteiger partial charge is 0.189 e. The van der Waals surface area contributed by atoms with E-state index in [4.69, 9.17) is 62.7 Å². The molecular formula is C18H13Cl5O. The molecule has 4 atom stereocenters. The molecule has 0 N–H and O–H groups in total. The summed E-state index contributed by atoms with van der Waals surface area (Å²) in [4.78, 5) is -2.37. The van der Waals surface area contributed by atoms with Crippen molar-refractivity contribution in [3.05, 3.63) is 58.1 Å². The summed E-state index contributed by atoms with van der Waals surface area (Å²) in [5.74, 6) is -0.214. The Labute approximate surface area is 165 Å². The van der Waals surface area contributed by atoms with Crippen LogP contribution in [0, 0.1) is 0 Å². The van der Waals surface area contributed by atoms with E-state index in [0.29, 0.717) is 6.42 Å². The van der Waals surface area contributed by atoms with Gasteiger partial charge in [0.2, 0.25) is 0 Å². The summed E-state index contributed by atoms with van der Waals surface area (Å²) >= 11 is 33.4. The van der Waals surface area contributed by atoms with Crippen molar-refractivity contribution in [2.75, 3.05) is 7.11 Å². The molecule has 1 saturated carbocycles. The first-order valence-electron chi connectivity index (χ1n) is 7.46. The van der Waals surface area contributed by atoms with Crippen LogP contribution in [0.25, 0.3) is 10.8 Å². The van der Waals surface area contributed by atoms with E-state index in [1.165, 1.54) is 7.11 Å². The topological polar surface area (TPSA) is 9.23 Å². The van der Waals surface area contributed by atoms with Gasteiger partial charge < -0.3 is 4.74 Å². The molecule has 6 heteroatoms. The van der Waals surface area contributed by atoms with Crippen LogP contribution in [-0.4, -0.2) is 21.9 Å². The second kappa shape index (κ2) is 5.42. The monoisotopic (exact) mass is 420 g/mol. The third-order valence-electron chi connectivity index (χ3n) is 5.26. The molecule has 0 radical (unpaired) electrons. The van der Waals surface area contributed by atoms with Crippen LogP contribution in [0.15, 0.2) is 52.5 Å². The van der Waals surface area contributed by atoms with Crippen molar-refractivity contribution >= 4 is 68.8 Å². The van der Waals surface area contributed by atoms with Crippen LogP contribution in [0.4, 0.5) is 0 Å². The summed E-state index contributed by atoms with van der Waals surface area (Å²) < 4.78 is 5.56. The summed E-state index contributed by atoms with van der Waals surface area (Å²) in [5, 5.41) is 1.40. The van der Waals surface area contributed by atoms with Gasteiger partial charge in [-0.2, -0.15) is 0 Å². The predicted octanol–water partition coefficient (Wildman–Crippen LogP) is 6.57. The molecule has 126 valence electrons. The number of hydrogen-bond acceptors (Lipinski definition) is 1. The Balaban J connectivity index is 1.91. The molecule has 24 heavy (non-hydrogen) atoms. The maximum Gasteiger partial charge on any atom is 0.189 e. The number of fused-ring (bicyclic) bond motifs is 3. The van der Waals surface area contributed by atoms with E-state index in [1.54, 1.807) is 0 Å². The maximum atomic E-state index is 6.98. The third-order valence-corrected chi connectivity index (χ3v) is 8.85. The van der Waals surface area contributed by atoms with Crippen LogP contribution in [0.1, 0.15) is 17.9 Å². The van der Waals surface area contributed by atoms with Crippen molar-refractivity contribution in [3.8, 4) is 0 Å². The lowest BCUT2D eigenvalue weighted by Gasteiger charge is -2.37. The fourth-order valence-corrected chi connectivity index (χ4v) is 6.44. The number of rotatable bonds is 2. The minimum Gasteiger partial charge on any atom is -0.358 e. The first-order chi connectivity index (χ1) is 11.3. The van der Waals surface area contributed by atoms with Gasteiger partial charge in [-0.15, -0.1) is 23.2 Å². The lowest BCUT2D eigenvalue weighted by molar-refractivity contribution is 0.0468. The number of halogens is 5. The summed E-state index contributed by atoms with van der Waals surface area (Å²) in [6, 6.07) is 14.3. The molecule has 2 aliphatic rings. The van der Waals surface area contributed by atoms with Crippen LogP contribution in [0.2, 0.25) is 0 Å². The first kappa shape index (κ1) is 17.3. The number of ether oxygens (including phenoxy) is 1. The quantitative estimate of drug-likeness (QED) is 0.498. The zero-order valence-corrected chi connectivity index (χ0v) is 16.4. The second-order valence-corrected chi connectivity index (χ2v) is 8.83. The summed E-state index contributed by atoms with van der Waals surface area (Å²) in [5.41, 5.74) is 1.01. The van der Waals surface area contributed by atoms with Crippen LogP contribution >= 0.6 is 58.0 Å². The second-order valence-electron chi connectivity index (χ2n) is 6.30. The molecular weight excluding hydrogens is 409 g/mol. The first-order valence-corrected chi connectivity index (χ1v) is 9.35. The Hall–Kier alpha value is -0.150. The summed E-state index contributed by atoms with van der Waals surface area (Å²) in [7, 11) is 1.48.